The number of rotatable bonds is 3. The van der Waals surface area contributed by atoms with Gasteiger partial charge in [-0.05, 0) is 60.2 Å². The second-order valence-electron chi connectivity index (χ2n) is 9.00. The second kappa shape index (κ2) is 7.63. The molecule has 0 radical (unpaired) electrons. The van der Waals surface area contributed by atoms with Crippen molar-refractivity contribution >= 4 is 11.8 Å². The van der Waals surface area contributed by atoms with Gasteiger partial charge in [-0.2, -0.15) is 0 Å². The van der Waals surface area contributed by atoms with Crippen molar-refractivity contribution in [3.8, 4) is 0 Å². The standard InChI is InChI=1S/C26H31NS/c1-17(2)19-15-16-23(18-9-4-3-5-10-18)27-25(19)22-13-8-12-21-20-11-6-7-14-24(20)28-26(21)22/h3-4,6-9,11-12,14-17,20-22,24-27H,5,10,13H2,1-2H3. The molecule has 146 valence electrons. The van der Waals surface area contributed by atoms with Gasteiger partial charge in [0, 0.05) is 16.2 Å². The number of allylic oxidation sites excluding steroid dienone is 11. The molecule has 0 aromatic rings. The predicted molar refractivity (Wildman–Crippen MR) is 122 cm³/mol. The summed E-state index contributed by atoms with van der Waals surface area (Å²) in [4.78, 5) is 0. The first-order valence-corrected chi connectivity index (χ1v) is 11.9. The predicted octanol–water partition coefficient (Wildman–Crippen LogP) is 6.12. The fourth-order valence-electron chi connectivity index (χ4n) is 5.57. The molecule has 0 aromatic heterocycles. The summed E-state index contributed by atoms with van der Waals surface area (Å²) in [5.41, 5.74) is 4.40. The highest BCUT2D eigenvalue weighted by Crippen LogP contribution is 2.53. The summed E-state index contributed by atoms with van der Waals surface area (Å²) < 4.78 is 0. The van der Waals surface area contributed by atoms with E-state index in [1.165, 1.54) is 17.7 Å². The first-order chi connectivity index (χ1) is 13.7. The summed E-state index contributed by atoms with van der Waals surface area (Å²) in [6.07, 6.45) is 29.4. The van der Waals surface area contributed by atoms with Crippen LogP contribution in [0.1, 0.15) is 33.1 Å². The van der Waals surface area contributed by atoms with Gasteiger partial charge in [0.15, 0.2) is 0 Å². The van der Waals surface area contributed by atoms with Crippen LogP contribution in [0.25, 0.3) is 0 Å². The van der Waals surface area contributed by atoms with Crippen LogP contribution in [0.3, 0.4) is 0 Å². The van der Waals surface area contributed by atoms with Crippen LogP contribution < -0.4 is 5.32 Å². The maximum Gasteiger partial charge on any atom is 0.0521 e. The molecule has 1 saturated heterocycles. The molecule has 1 N–H and O–H groups in total. The Balaban J connectivity index is 1.45. The van der Waals surface area contributed by atoms with Gasteiger partial charge >= 0.3 is 0 Å². The molecule has 5 aliphatic rings. The number of fused-ring (bicyclic) bond motifs is 3. The van der Waals surface area contributed by atoms with E-state index < -0.39 is 0 Å². The Morgan fingerprint density at radius 3 is 2.68 bits per heavy atom. The van der Waals surface area contributed by atoms with Gasteiger partial charge in [0.25, 0.3) is 0 Å². The minimum Gasteiger partial charge on any atom is -0.378 e. The summed E-state index contributed by atoms with van der Waals surface area (Å²) in [7, 11) is 0. The van der Waals surface area contributed by atoms with Crippen LogP contribution >= 0.6 is 11.8 Å². The summed E-state index contributed by atoms with van der Waals surface area (Å²) in [6.45, 7) is 4.70. The third kappa shape index (κ3) is 3.20. The van der Waals surface area contributed by atoms with Crippen LogP contribution in [-0.2, 0) is 0 Å². The monoisotopic (exact) mass is 389 g/mol. The summed E-state index contributed by atoms with van der Waals surface area (Å²) in [6, 6.07) is 0.449. The maximum atomic E-state index is 4.03. The second-order valence-corrected chi connectivity index (χ2v) is 10.4. The zero-order valence-electron chi connectivity index (χ0n) is 16.9. The molecule has 2 heterocycles. The van der Waals surface area contributed by atoms with Crippen molar-refractivity contribution in [2.75, 3.05) is 0 Å². The summed E-state index contributed by atoms with van der Waals surface area (Å²) in [5, 5.41) is 5.38. The molecule has 6 unspecified atom stereocenters. The van der Waals surface area contributed by atoms with Crippen LogP contribution in [0.5, 0.6) is 0 Å². The van der Waals surface area contributed by atoms with Crippen LogP contribution in [0.15, 0.2) is 83.7 Å². The van der Waals surface area contributed by atoms with Crippen molar-refractivity contribution in [2.24, 2.45) is 23.7 Å². The fraction of sp³-hybridized carbons (Fsp3) is 0.462. The summed E-state index contributed by atoms with van der Waals surface area (Å²) >= 11 is 2.23. The van der Waals surface area contributed by atoms with E-state index in [-0.39, 0.29) is 0 Å². The van der Waals surface area contributed by atoms with Gasteiger partial charge in [-0.3, -0.25) is 0 Å². The van der Waals surface area contributed by atoms with E-state index in [9.17, 15) is 0 Å². The van der Waals surface area contributed by atoms with Gasteiger partial charge in [-0.1, -0.05) is 74.6 Å². The Hall–Kier alpha value is -1.67. The number of nitrogens with one attached hydrogen (secondary N) is 1. The zero-order valence-corrected chi connectivity index (χ0v) is 17.7. The Bertz CT molecular complexity index is 834. The lowest BCUT2D eigenvalue weighted by molar-refractivity contribution is 0.318. The van der Waals surface area contributed by atoms with E-state index in [1.54, 1.807) is 5.57 Å². The van der Waals surface area contributed by atoms with Gasteiger partial charge in [0.05, 0.1) is 6.04 Å². The number of hydrogen-bond donors (Lipinski definition) is 1. The van der Waals surface area contributed by atoms with Crippen molar-refractivity contribution in [3.63, 3.8) is 0 Å². The lowest BCUT2D eigenvalue weighted by Crippen LogP contribution is -2.46. The molecule has 5 rings (SSSR count). The van der Waals surface area contributed by atoms with Crippen LogP contribution in [0.2, 0.25) is 0 Å². The van der Waals surface area contributed by atoms with E-state index >= 15 is 0 Å². The molecule has 1 nitrogen and oxygen atoms in total. The van der Waals surface area contributed by atoms with Crippen molar-refractivity contribution in [2.45, 2.75) is 49.7 Å². The topological polar surface area (TPSA) is 12.0 Å². The highest BCUT2D eigenvalue weighted by molar-refractivity contribution is 8.01. The molecule has 3 aliphatic carbocycles. The van der Waals surface area contributed by atoms with Gasteiger partial charge < -0.3 is 5.32 Å². The van der Waals surface area contributed by atoms with Gasteiger partial charge in [-0.15, -0.1) is 11.8 Å². The van der Waals surface area contributed by atoms with Crippen LogP contribution in [0.4, 0.5) is 0 Å². The lowest BCUT2D eigenvalue weighted by Gasteiger charge is -2.41. The fourth-order valence-corrected chi connectivity index (χ4v) is 7.49. The Labute approximate surface area is 174 Å². The molecule has 2 aliphatic heterocycles. The van der Waals surface area contributed by atoms with Crippen molar-refractivity contribution in [1.29, 1.82) is 0 Å². The van der Waals surface area contributed by atoms with E-state index in [0.29, 0.717) is 40.2 Å². The third-order valence-electron chi connectivity index (χ3n) is 7.02. The number of thioether (sulfide) groups is 1. The van der Waals surface area contributed by atoms with E-state index in [0.717, 1.165) is 12.8 Å². The van der Waals surface area contributed by atoms with E-state index in [4.69, 9.17) is 0 Å². The van der Waals surface area contributed by atoms with Crippen molar-refractivity contribution in [1.82, 2.24) is 5.32 Å². The molecule has 0 amide bonds. The van der Waals surface area contributed by atoms with Crippen LogP contribution in [0, 0.1) is 23.7 Å². The van der Waals surface area contributed by atoms with Gasteiger partial charge in [-0.25, -0.2) is 0 Å². The van der Waals surface area contributed by atoms with Gasteiger partial charge in [0.2, 0.25) is 0 Å². The average Bonchev–Trinajstić information content (AvgIpc) is 3.13. The highest BCUT2D eigenvalue weighted by atomic mass is 32.2. The third-order valence-corrected chi connectivity index (χ3v) is 8.78. The molecule has 28 heavy (non-hydrogen) atoms. The minimum atomic E-state index is 0.449. The molecule has 2 heteroatoms. The quantitative estimate of drug-likeness (QED) is 0.584. The first kappa shape index (κ1) is 18.4. The minimum absolute atomic E-state index is 0.449. The smallest absolute Gasteiger partial charge is 0.0521 e. The Kier molecular flexibility index (Phi) is 5.00. The Morgan fingerprint density at radius 2 is 1.86 bits per heavy atom. The molecule has 0 aromatic carbocycles. The largest absolute Gasteiger partial charge is 0.378 e. The van der Waals surface area contributed by atoms with Crippen LogP contribution in [-0.4, -0.2) is 16.5 Å². The molecular formula is C26H31NS. The normalized spacial score (nSPS) is 38.5. The SMILES string of the molecule is CC(C)C1=CC=C(C2=CC=CCC2)NC1C1CC=CC2C3C=CC=CC3SC21. The summed E-state index contributed by atoms with van der Waals surface area (Å²) in [5.74, 6) is 2.59. The number of dihydropyridines is 1. The molecule has 0 spiro atoms. The lowest BCUT2D eigenvalue weighted by atomic mass is 9.71. The molecule has 1 fully saturated rings. The first-order valence-electron chi connectivity index (χ1n) is 10.9. The van der Waals surface area contributed by atoms with E-state index in [2.05, 4.69) is 97.8 Å². The molecule has 6 atom stereocenters. The van der Waals surface area contributed by atoms with Gasteiger partial charge in [0.1, 0.15) is 0 Å². The Morgan fingerprint density at radius 1 is 0.964 bits per heavy atom. The van der Waals surface area contributed by atoms with Crippen molar-refractivity contribution in [3.05, 3.63) is 83.7 Å². The van der Waals surface area contributed by atoms with E-state index in [1.807, 2.05) is 0 Å². The number of hydrogen-bond acceptors (Lipinski definition) is 2. The molecule has 0 saturated carbocycles. The zero-order chi connectivity index (χ0) is 19.1. The molecular weight excluding hydrogens is 358 g/mol. The molecule has 0 bridgehead atoms. The average molecular weight is 390 g/mol. The highest BCUT2D eigenvalue weighted by Gasteiger charge is 2.48. The van der Waals surface area contributed by atoms with Crippen molar-refractivity contribution < 1.29 is 0 Å². The maximum absolute atomic E-state index is 4.03.